The normalized spacial score (nSPS) is 17.9. The lowest BCUT2D eigenvalue weighted by molar-refractivity contribution is -0.00000663. The molecule has 0 bridgehead atoms. The minimum absolute atomic E-state index is 0. The van der Waals surface area contributed by atoms with E-state index in [1.165, 1.54) is 20.6 Å². The van der Waals surface area contributed by atoms with E-state index in [1.54, 1.807) is 0 Å². The Morgan fingerprint density at radius 3 is 2.52 bits per heavy atom. The van der Waals surface area contributed by atoms with Gasteiger partial charge in [0, 0.05) is 30.9 Å². The summed E-state index contributed by atoms with van der Waals surface area (Å²) in [6.45, 7) is 7.05. The molecule has 0 radical (unpaired) electrons. The van der Waals surface area contributed by atoms with Gasteiger partial charge in [-0.1, -0.05) is 0 Å². The molecule has 3 heterocycles. The van der Waals surface area contributed by atoms with Crippen molar-refractivity contribution in [1.82, 2.24) is 9.56 Å². The van der Waals surface area contributed by atoms with Crippen molar-refractivity contribution in [3.8, 4) is 10.6 Å². The van der Waals surface area contributed by atoms with Crippen LogP contribution in [-0.4, -0.2) is 57.6 Å². The van der Waals surface area contributed by atoms with Crippen LogP contribution in [0.1, 0.15) is 0 Å². The molecule has 0 spiro atoms. The summed E-state index contributed by atoms with van der Waals surface area (Å²) < 4.78 is 14.6. The second kappa shape index (κ2) is 8.38. The lowest BCUT2D eigenvalue weighted by Crippen LogP contribution is -3.00. The third-order valence-corrected chi connectivity index (χ3v) is 6.19. The molecular weight excluding hydrogens is 473 g/mol. The fourth-order valence-corrected chi connectivity index (χ4v) is 4.67. The average molecular weight is 495 g/mol. The second-order valence-corrected chi connectivity index (χ2v) is 7.80. The number of benzene rings is 2. The fraction of sp³-hybridized carbons (Fsp3) is 0.400. The van der Waals surface area contributed by atoms with Crippen molar-refractivity contribution in [2.45, 2.75) is 0 Å². The van der Waals surface area contributed by atoms with Crippen molar-refractivity contribution in [3.63, 3.8) is 0 Å². The van der Waals surface area contributed by atoms with Crippen LogP contribution in [0.4, 0.5) is 5.69 Å². The molecule has 0 atom stereocenters. The quantitative estimate of drug-likeness (QED) is 0.248. The Hall–Kier alpha value is -1.29. The largest absolute Gasteiger partial charge is 1.00 e. The Morgan fingerprint density at radius 1 is 0.926 bits per heavy atom. The SMILES string of the molecule is [I-].c1cc2nc3ccc(=[N+]4CCOCC4)cc-3sc2cc1N1CCOCC1. The van der Waals surface area contributed by atoms with Gasteiger partial charge in [0.2, 0.25) is 5.36 Å². The molecule has 1 aromatic rings. The number of fused-ring (bicyclic) bond motifs is 2. The van der Waals surface area contributed by atoms with E-state index in [2.05, 4.69) is 45.9 Å². The Labute approximate surface area is 179 Å². The van der Waals surface area contributed by atoms with Crippen LogP contribution in [0, 0.1) is 0 Å². The van der Waals surface area contributed by atoms with Gasteiger partial charge in [-0.2, -0.15) is 0 Å². The molecule has 7 heteroatoms. The summed E-state index contributed by atoms with van der Waals surface area (Å²) >= 11 is 1.83. The highest BCUT2D eigenvalue weighted by atomic mass is 127. The topological polar surface area (TPSA) is 37.6 Å². The van der Waals surface area contributed by atoms with Gasteiger partial charge in [-0.25, -0.2) is 9.56 Å². The second-order valence-electron chi connectivity index (χ2n) is 6.72. The van der Waals surface area contributed by atoms with Crippen molar-refractivity contribution in [2.75, 3.05) is 57.5 Å². The van der Waals surface area contributed by atoms with Gasteiger partial charge in [-0.15, -0.1) is 11.3 Å². The maximum absolute atomic E-state index is 5.47. The van der Waals surface area contributed by atoms with Gasteiger partial charge in [0.1, 0.15) is 13.2 Å². The zero-order valence-electron chi connectivity index (χ0n) is 15.1. The third kappa shape index (κ3) is 3.96. The van der Waals surface area contributed by atoms with E-state index in [1.807, 2.05) is 11.3 Å². The number of hydrogen-bond acceptors (Lipinski definition) is 5. The van der Waals surface area contributed by atoms with Gasteiger partial charge in [-0.3, -0.25) is 0 Å². The Morgan fingerprint density at radius 2 is 1.70 bits per heavy atom. The molecule has 0 saturated carbocycles. The predicted molar refractivity (Wildman–Crippen MR) is 105 cm³/mol. The summed E-state index contributed by atoms with van der Waals surface area (Å²) in [5.41, 5.74) is 3.40. The van der Waals surface area contributed by atoms with Gasteiger partial charge < -0.3 is 38.4 Å². The van der Waals surface area contributed by atoms with E-state index in [4.69, 9.17) is 14.5 Å². The van der Waals surface area contributed by atoms with Gasteiger partial charge in [0.25, 0.3) is 0 Å². The Balaban J connectivity index is 0.00000180. The summed E-state index contributed by atoms with van der Waals surface area (Å²) in [5, 5.41) is 1.27. The first kappa shape index (κ1) is 19.0. The fourth-order valence-electron chi connectivity index (χ4n) is 3.64. The number of nitrogens with zero attached hydrogens (tertiary/aromatic N) is 3. The first-order chi connectivity index (χ1) is 12.9. The van der Waals surface area contributed by atoms with Gasteiger partial charge in [0.15, 0.2) is 13.1 Å². The number of ether oxygens (including phenoxy) is 2. The van der Waals surface area contributed by atoms with Crippen LogP contribution >= 0.6 is 11.3 Å². The van der Waals surface area contributed by atoms with Gasteiger partial charge in [-0.05, 0) is 24.3 Å². The number of aromatic nitrogens is 1. The highest BCUT2D eigenvalue weighted by molar-refractivity contribution is 7.21. The molecule has 142 valence electrons. The maximum Gasteiger partial charge on any atom is 0.201 e. The number of halogens is 1. The average Bonchev–Trinajstić information content (AvgIpc) is 2.73. The van der Waals surface area contributed by atoms with Crippen LogP contribution in [-0.2, 0) is 9.47 Å². The molecule has 4 aliphatic rings. The molecule has 1 aliphatic carbocycles. The van der Waals surface area contributed by atoms with E-state index in [9.17, 15) is 0 Å². The van der Waals surface area contributed by atoms with Gasteiger partial charge in [0.05, 0.1) is 34.0 Å². The lowest BCUT2D eigenvalue weighted by Gasteiger charge is -2.29. The monoisotopic (exact) mass is 495 g/mol. The maximum atomic E-state index is 5.47. The van der Waals surface area contributed by atoms with Crippen LogP contribution in [0.2, 0.25) is 0 Å². The molecule has 3 aliphatic heterocycles. The van der Waals surface area contributed by atoms with Crippen LogP contribution in [0.5, 0.6) is 0 Å². The lowest BCUT2D eigenvalue weighted by atomic mass is 10.2. The summed E-state index contributed by atoms with van der Waals surface area (Å²) in [5.74, 6) is 0. The highest BCUT2D eigenvalue weighted by Crippen LogP contribution is 2.32. The smallest absolute Gasteiger partial charge is 0.201 e. The van der Waals surface area contributed by atoms with E-state index in [-0.39, 0.29) is 24.0 Å². The molecule has 0 unspecified atom stereocenters. The molecule has 5 nitrogen and oxygen atoms in total. The standard InChI is InChI=1S/C20H22N3O2S.HI/c1-3-17-19(13-15(1)22-5-9-24-10-6-22)26-20-14-16(2-4-18(20)21-17)23-7-11-25-12-8-23;/h1-4,13-14H,5-12H2;1H/q+1;/p-1. The first-order valence-corrected chi connectivity index (χ1v) is 10.0. The van der Waals surface area contributed by atoms with Crippen LogP contribution in [0.25, 0.3) is 20.8 Å². The van der Waals surface area contributed by atoms with E-state index in [0.29, 0.717) is 0 Å². The molecule has 0 amide bonds. The summed E-state index contributed by atoms with van der Waals surface area (Å²) in [7, 11) is 0. The molecule has 5 rings (SSSR count). The number of rotatable bonds is 1. The Bertz CT molecular complexity index is 976. The van der Waals surface area contributed by atoms with E-state index in [0.717, 1.165) is 63.8 Å². The first-order valence-electron chi connectivity index (χ1n) is 9.20. The minimum Gasteiger partial charge on any atom is -1.00 e. The molecule has 1 aromatic carbocycles. The molecular formula is C20H22IN3O2S. The molecule has 0 aromatic heterocycles. The predicted octanol–water partition coefficient (Wildman–Crippen LogP) is -0.956. The molecule has 0 N–H and O–H groups in total. The summed E-state index contributed by atoms with van der Waals surface area (Å²) in [6.07, 6.45) is 0. The van der Waals surface area contributed by atoms with Crippen molar-refractivity contribution < 1.29 is 33.5 Å². The number of hydrogen-bond donors (Lipinski definition) is 0. The van der Waals surface area contributed by atoms with Crippen molar-refractivity contribution >= 4 is 27.2 Å². The molecule has 2 saturated heterocycles. The highest BCUT2D eigenvalue weighted by Gasteiger charge is 2.16. The van der Waals surface area contributed by atoms with Gasteiger partial charge >= 0.3 is 0 Å². The van der Waals surface area contributed by atoms with Crippen molar-refractivity contribution in [2.24, 2.45) is 0 Å². The third-order valence-electron chi connectivity index (χ3n) is 5.10. The van der Waals surface area contributed by atoms with E-state index >= 15 is 0 Å². The molecule has 27 heavy (non-hydrogen) atoms. The van der Waals surface area contributed by atoms with Crippen molar-refractivity contribution in [1.29, 1.82) is 0 Å². The zero-order chi connectivity index (χ0) is 17.3. The Kier molecular flexibility index (Phi) is 5.91. The van der Waals surface area contributed by atoms with E-state index < -0.39 is 0 Å². The zero-order valence-corrected chi connectivity index (χ0v) is 18.0. The molecule has 2 fully saturated rings. The minimum atomic E-state index is 0. The summed E-state index contributed by atoms with van der Waals surface area (Å²) in [4.78, 5) is 8.50. The number of anilines is 1. The van der Waals surface area contributed by atoms with Crippen molar-refractivity contribution in [3.05, 3.63) is 41.8 Å². The number of morpholine rings is 2. The van der Waals surface area contributed by atoms with Crippen LogP contribution < -0.4 is 38.8 Å². The van der Waals surface area contributed by atoms with Crippen LogP contribution in [0.3, 0.4) is 0 Å². The summed E-state index contributed by atoms with van der Waals surface area (Å²) in [6, 6.07) is 13.2. The van der Waals surface area contributed by atoms with Crippen LogP contribution in [0.15, 0.2) is 36.4 Å².